The van der Waals surface area contributed by atoms with Gasteiger partial charge in [0.25, 0.3) is 0 Å². The molecule has 20 heavy (non-hydrogen) atoms. The molecule has 0 aromatic heterocycles. The van der Waals surface area contributed by atoms with Crippen LogP contribution in [0.4, 0.5) is 0 Å². The van der Waals surface area contributed by atoms with Gasteiger partial charge in [0.1, 0.15) is 9.84 Å². The Morgan fingerprint density at radius 1 is 1.15 bits per heavy atom. The first-order valence-electron chi connectivity index (χ1n) is 6.15. The van der Waals surface area contributed by atoms with Crippen LogP contribution < -0.4 is 10.5 Å². The molecule has 0 heterocycles. The predicted molar refractivity (Wildman–Crippen MR) is 78.6 cm³/mol. The molecule has 1 rings (SSSR count). The fraction of sp³-hybridized carbons (Fsp3) is 0.500. The van der Waals surface area contributed by atoms with Crippen molar-refractivity contribution in [3.63, 3.8) is 0 Å². The van der Waals surface area contributed by atoms with Crippen molar-refractivity contribution in [3.8, 4) is 0 Å². The van der Waals surface area contributed by atoms with Crippen LogP contribution in [0, 0.1) is 0 Å². The number of nitrogens with one attached hydrogen (secondary N) is 1. The normalized spacial score (nSPS) is 14.2. The van der Waals surface area contributed by atoms with Gasteiger partial charge in [0, 0.05) is 18.8 Å². The lowest BCUT2D eigenvalue weighted by Crippen LogP contribution is -2.26. The summed E-state index contributed by atoms with van der Waals surface area (Å²) in [5, 5.41) is 0. The maximum absolute atomic E-state index is 11.9. The van der Waals surface area contributed by atoms with E-state index >= 15 is 0 Å². The van der Waals surface area contributed by atoms with E-state index in [0.717, 1.165) is 11.8 Å². The summed E-state index contributed by atoms with van der Waals surface area (Å²) < 4.78 is 48.1. The molecule has 0 spiro atoms. The second-order valence-electron chi connectivity index (χ2n) is 4.74. The van der Waals surface area contributed by atoms with Gasteiger partial charge < -0.3 is 5.73 Å². The van der Waals surface area contributed by atoms with Crippen molar-refractivity contribution in [1.82, 2.24) is 4.72 Å². The van der Waals surface area contributed by atoms with Crippen LogP contribution in [0.15, 0.2) is 29.2 Å². The van der Waals surface area contributed by atoms with Crippen molar-refractivity contribution in [1.29, 1.82) is 0 Å². The third-order valence-corrected chi connectivity index (χ3v) is 5.21. The quantitative estimate of drug-likeness (QED) is 0.708. The highest BCUT2D eigenvalue weighted by Crippen LogP contribution is 2.14. The topological polar surface area (TPSA) is 106 Å². The van der Waals surface area contributed by atoms with Crippen LogP contribution in [0.5, 0.6) is 0 Å². The molecule has 0 aliphatic heterocycles. The monoisotopic (exact) mass is 320 g/mol. The van der Waals surface area contributed by atoms with Gasteiger partial charge in [-0.2, -0.15) is 0 Å². The van der Waals surface area contributed by atoms with Gasteiger partial charge in [-0.25, -0.2) is 21.6 Å². The Morgan fingerprint density at radius 3 is 2.15 bits per heavy atom. The molecule has 3 N–H and O–H groups in total. The zero-order valence-corrected chi connectivity index (χ0v) is 13.2. The Labute approximate surface area is 120 Å². The number of nitrogens with two attached hydrogens (primary N) is 1. The average Bonchev–Trinajstić information content (AvgIpc) is 2.34. The summed E-state index contributed by atoms with van der Waals surface area (Å²) in [5.41, 5.74) is 6.54. The minimum atomic E-state index is -3.61. The Kier molecular flexibility index (Phi) is 5.69. The van der Waals surface area contributed by atoms with Crippen molar-refractivity contribution in [3.05, 3.63) is 29.8 Å². The first kappa shape index (κ1) is 17.1. The molecule has 0 radical (unpaired) electrons. The predicted octanol–water partition coefficient (Wildman–Crippen LogP) is 0.419. The molecular formula is C12H20N2O4S2. The maximum atomic E-state index is 11.9. The van der Waals surface area contributed by atoms with E-state index in [1.165, 1.54) is 12.1 Å². The van der Waals surface area contributed by atoms with E-state index in [0.29, 0.717) is 0 Å². The van der Waals surface area contributed by atoms with Crippen LogP contribution in [-0.4, -0.2) is 35.4 Å². The highest BCUT2D eigenvalue weighted by molar-refractivity contribution is 7.90. The Hall–Kier alpha value is -0.960. The zero-order chi connectivity index (χ0) is 15.4. The summed E-state index contributed by atoms with van der Waals surface area (Å²) in [6.45, 7) is 1.90. The minimum Gasteiger partial charge on any atom is -0.324 e. The molecular weight excluding hydrogens is 300 g/mol. The zero-order valence-electron chi connectivity index (χ0n) is 11.5. The lowest BCUT2D eigenvalue weighted by Gasteiger charge is -2.09. The number of hydrogen-bond acceptors (Lipinski definition) is 5. The number of benzene rings is 1. The van der Waals surface area contributed by atoms with E-state index in [1.807, 2.05) is 6.92 Å². The van der Waals surface area contributed by atoms with E-state index in [4.69, 9.17) is 5.73 Å². The van der Waals surface area contributed by atoms with Gasteiger partial charge in [-0.3, -0.25) is 0 Å². The van der Waals surface area contributed by atoms with E-state index in [2.05, 4.69) is 4.72 Å². The Bertz CT molecular complexity index is 635. The van der Waals surface area contributed by atoms with Crippen molar-refractivity contribution in [2.24, 2.45) is 5.73 Å². The molecule has 0 saturated heterocycles. The number of rotatable bonds is 7. The van der Waals surface area contributed by atoms with Crippen molar-refractivity contribution in [2.45, 2.75) is 24.3 Å². The van der Waals surface area contributed by atoms with Gasteiger partial charge in [-0.05, 0) is 31.0 Å². The first-order chi connectivity index (χ1) is 9.12. The molecule has 0 saturated carbocycles. The van der Waals surface area contributed by atoms with Crippen molar-refractivity contribution >= 4 is 19.9 Å². The summed E-state index contributed by atoms with van der Waals surface area (Å²) in [5.74, 6) is -0.0425. The van der Waals surface area contributed by atoms with Crippen LogP contribution >= 0.6 is 0 Å². The lowest BCUT2D eigenvalue weighted by atomic mass is 10.1. The van der Waals surface area contributed by atoms with Crippen molar-refractivity contribution < 1.29 is 16.8 Å². The second kappa shape index (κ2) is 6.66. The largest absolute Gasteiger partial charge is 0.324 e. The highest BCUT2D eigenvalue weighted by atomic mass is 32.2. The molecule has 0 aliphatic carbocycles. The summed E-state index contributed by atoms with van der Waals surface area (Å²) in [6.07, 6.45) is 1.37. The van der Waals surface area contributed by atoms with Crippen LogP contribution in [-0.2, 0) is 19.9 Å². The van der Waals surface area contributed by atoms with Crippen LogP contribution in [0.1, 0.15) is 24.9 Å². The Balaban J connectivity index is 2.65. The van der Waals surface area contributed by atoms with Gasteiger partial charge in [0.15, 0.2) is 0 Å². The average molecular weight is 320 g/mol. The van der Waals surface area contributed by atoms with E-state index in [9.17, 15) is 16.8 Å². The smallest absolute Gasteiger partial charge is 0.240 e. The van der Waals surface area contributed by atoms with Crippen LogP contribution in [0.3, 0.4) is 0 Å². The number of sulfone groups is 1. The summed E-state index contributed by atoms with van der Waals surface area (Å²) in [7, 11) is -6.68. The van der Waals surface area contributed by atoms with Gasteiger partial charge in [0.2, 0.25) is 10.0 Å². The highest BCUT2D eigenvalue weighted by Gasteiger charge is 2.14. The van der Waals surface area contributed by atoms with E-state index in [-0.39, 0.29) is 29.7 Å². The molecule has 0 amide bonds. The summed E-state index contributed by atoms with van der Waals surface area (Å²) in [6, 6.07) is 6.13. The summed E-state index contributed by atoms with van der Waals surface area (Å²) >= 11 is 0. The molecule has 0 fully saturated rings. The molecule has 8 heteroatoms. The lowest BCUT2D eigenvalue weighted by molar-refractivity contribution is 0.577. The number of sulfonamides is 1. The standard InChI is InChI=1S/C12H20N2O4S2/c1-10(13)11-4-6-12(7-5-11)20(17,18)14-8-3-9-19(2,15)16/h4-7,10,14H,3,8-9,13H2,1-2H3. The fourth-order valence-corrected chi connectivity index (χ4v) is 3.32. The Morgan fingerprint density at radius 2 is 1.70 bits per heavy atom. The molecule has 1 aromatic rings. The minimum absolute atomic E-state index is 0.0425. The molecule has 1 aromatic carbocycles. The molecule has 0 aliphatic rings. The van der Waals surface area contributed by atoms with E-state index < -0.39 is 19.9 Å². The molecule has 0 bridgehead atoms. The molecule has 6 nitrogen and oxygen atoms in total. The maximum Gasteiger partial charge on any atom is 0.240 e. The third kappa shape index (κ3) is 5.58. The van der Waals surface area contributed by atoms with Crippen molar-refractivity contribution in [2.75, 3.05) is 18.6 Å². The SMILES string of the molecule is CC(N)c1ccc(S(=O)(=O)NCCCS(C)(=O)=O)cc1. The molecule has 1 atom stereocenters. The fourth-order valence-electron chi connectivity index (χ4n) is 1.57. The summed E-state index contributed by atoms with van der Waals surface area (Å²) in [4.78, 5) is 0.140. The van der Waals surface area contributed by atoms with Gasteiger partial charge in [0.05, 0.1) is 10.6 Å². The van der Waals surface area contributed by atoms with Gasteiger partial charge in [-0.15, -0.1) is 0 Å². The second-order valence-corrected chi connectivity index (χ2v) is 8.77. The number of hydrogen-bond donors (Lipinski definition) is 2. The van der Waals surface area contributed by atoms with Crippen LogP contribution in [0.2, 0.25) is 0 Å². The van der Waals surface area contributed by atoms with E-state index in [1.54, 1.807) is 12.1 Å². The van der Waals surface area contributed by atoms with Gasteiger partial charge >= 0.3 is 0 Å². The molecule has 1 unspecified atom stereocenters. The molecule has 114 valence electrons. The van der Waals surface area contributed by atoms with Crippen LogP contribution in [0.25, 0.3) is 0 Å². The van der Waals surface area contributed by atoms with Gasteiger partial charge in [-0.1, -0.05) is 12.1 Å². The third-order valence-electron chi connectivity index (χ3n) is 2.70. The first-order valence-corrected chi connectivity index (χ1v) is 9.69.